The van der Waals surface area contributed by atoms with Gasteiger partial charge in [0.1, 0.15) is 5.82 Å². The van der Waals surface area contributed by atoms with Crippen LogP contribution in [0.2, 0.25) is 0 Å². The summed E-state index contributed by atoms with van der Waals surface area (Å²) in [6, 6.07) is 1.34. The molecule has 2 heterocycles. The number of hydrogen-bond acceptors (Lipinski definition) is 5. The van der Waals surface area contributed by atoms with Crippen molar-refractivity contribution in [2.75, 3.05) is 32.1 Å². The van der Waals surface area contributed by atoms with Gasteiger partial charge in [-0.15, -0.1) is 0 Å². The fourth-order valence-corrected chi connectivity index (χ4v) is 2.75. The Morgan fingerprint density at radius 3 is 2.90 bits per heavy atom. The van der Waals surface area contributed by atoms with Crippen molar-refractivity contribution in [2.45, 2.75) is 44.3 Å². The Labute approximate surface area is 121 Å². The average Bonchev–Trinajstić information content (AvgIpc) is 3.30. The van der Waals surface area contributed by atoms with E-state index in [1.54, 1.807) is 0 Å². The van der Waals surface area contributed by atoms with Crippen LogP contribution in [-0.2, 0) is 6.54 Å². The van der Waals surface area contributed by atoms with Gasteiger partial charge in [0.2, 0.25) is 0 Å². The van der Waals surface area contributed by atoms with E-state index in [1.807, 2.05) is 12.4 Å². The topological polar surface area (TPSA) is 44.3 Å². The van der Waals surface area contributed by atoms with Crippen molar-refractivity contribution in [3.05, 3.63) is 18.1 Å². The molecule has 1 aliphatic carbocycles. The monoisotopic (exact) mass is 275 g/mol. The zero-order chi connectivity index (χ0) is 13.9. The zero-order valence-corrected chi connectivity index (χ0v) is 12.5. The minimum atomic E-state index is 0.624. The molecule has 1 N–H and O–H groups in total. The molecule has 0 amide bonds. The molecule has 1 saturated heterocycles. The minimum absolute atomic E-state index is 0.624. The number of anilines is 1. The van der Waals surface area contributed by atoms with Crippen molar-refractivity contribution in [1.29, 1.82) is 0 Å². The number of rotatable bonds is 5. The predicted octanol–water partition coefficient (Wildman–Crippen LogP) is 1.26. The van der Waals surface area contributed by atoms with E-state index in [0.29, 0.717) is 12.1 Å². The van der Waals surface area contributed by atoms with Crippen LogP contribution in [0.3, 0.4) is 0 Å². The quantitative estimate of drug-likeness (QED) is 0.876. The van der Waals surface area contributed by atoms with Crippen LogP contribution in [-0.4, -0.2) is 54.1 Å². The number of piperidine rings is 1. The molecule has 0 bridgehead atoms. The lowest BCUT2D eigenvalue weighted by molar-refractivity contribution is 0.257. The number of nitrogens with one attached hydrogen (secondary N) is 1. The number of hydrogen-bond donors (Lipinski definition) is 1. The molecular weight excluding hydrogens is 250 g/mol. The van der Waals surface area contributed by atoms with Gasteiger partial charge in [0.15, 0.2) is 0 Å². The third-order valence-electron chi connectivity index (χ3n) is 4.27. The first-order valence-electron chi connectivity index (χ1n) is 7.68. The van der Waals surface area contributed by atoms with Crippen molar-refractivity contribution in [2.24, 2.45) is 0 Å². The van der Waals surface area contributed by atoms with Crippen LogP contribution < -0.4 is 10.2 Å². The maximum Gasteiger partial charge on any atom is 0.147 e. The Morgan fingerprint density at radius 2 is 2.15 bits per heavy atom. The van der Waals surface area contributed by atoms with Crippen molar-refractivity contribution in [3.63, 3.8) is 0 Å². The van der Waals surface area contributed by atoms with Crippen LogP contribution in [0.4, 0.5) is 5.82 Å². The van der Waals surface area contributed by atoms with E-state index in [-0.39, 0.29) is 0 Å². The first-order valence-corrected chi connectivity index (χ1v) is 7.68. The molecule has 110 valence electrons. The van der Waals surface area contributed by atoms with Gasteiger partial charge in [-0.05, 0) is 39.8 Å². The predicted molar refractivity (Wildman–Crippen MR) is 80.8 cm³/mol. The van der Waals surface area contributed by atoms with E-state index in [4.69, 9.17) is 4.98 Å². The van der Waals surface area contributed by atoms with Gasteiger partial charge in [0, 0.05) is 37.9 Å². The zero-order valence-electron chi connectivity index (χ0n) is 12.5. The van der Waals surface area contributed by atoms with E-state index in [1.165, 1.54) is 25.7 Å². The summed E-state index contributed by atoms with van der Waals surface area (Å²) in [5.41, 5.74) is 1.06. The first kappa shape index (κ1) is 13.8. The Balaban J connectivity index is 1.64. The van der Waals surface area contributed by atoms with E-state index in [2.05, 4.69) is 34.2 Å². The van der Waals surface area contributed by atoms with Crippen molar-refractivity contribution in [1.82, 2.24) is 20.2 Å². The van der Waals surface area contributed by atoms with E-state index >= 15 is 0 Å². The summed E-state index contributed by atoms with van der Waals surface area (Å²) in [7, 11) is 4.33. The maximum absolute atomic E-state index is 4.77. The largest absolute Gasteiger partial charge is 0.354 e. The highest BCUT2D eigenvalue weighted by molar-refractivity contribution is 5.37. The molecule has 2 fully saturated rings. The molecule has 0 spiro atoms. The molecule has 5 nitrogen and oxygen atoms in total. The van der Waals surface area contributed by atoms with Gasteiger partial charge in [-0.25, -0.2) is 4.98 Å². The second kappa shape index (κ2) is 6.06. The Morgan fingerprint density at radius 1 is 1.30 bits per heavy atom. The van der Waals surface area contributed by atoms with Gasteiger partial charge in [-0.3, -0.25) is 4.98 Å². The summed E-state index contributed by atoms with van der Waals surface area (Å²) in [6.45, 7) is 3.00. The van der Waals surface area contributed by atoms with Crippen LogP contribution >= 0.6 is 0 Å². The Kier molecular flexibility index (Phi) is 4.17. The summed E-state index contributed by atoms with van der Waals surface area (Å²) in [4.78, 5) is 13.8. The normalized spacial score (nSPS) is 23.4. The van der Waals surface area contributed by atoms with E-state index in [9.17, 15) is 0 Å². The van der Waals surface area contributed by atoms with Crippen LogP contribution in [0.1, 0.15) is 31.4 Å². The lowest BCUT2D eigenvalue weighted by Crippen LogP contribution is -2.45. The molecule has 0 radical (unpaired) electrons. The molecule has 1 aromatic heterocycles. The van der Waals surface area contributed by atoms with Gasteiger partial charge in [0.25, 0.3) is 0 Å². The van der Waals surface area contributed by atoms with Gasteiger partial charge >= 0.3 is 0 Å². The summed E-state index contributed by atoms with van der Waals surface area (Å²) in [5, 5.41) is 3.50. The molecule has 5 heteroatoms. The molecule has 1 atom stereocenters. The average molecular weight is 275 g/mol. The fraction of sp³-hybridized carbons (Fsp3) is 0.733. The van der Waals surface area contributed by atoms with Crippen molar-refractivity contribution >= 4 is 5.82 Å². The second-order valence-corrected chi connectivity index (χ2v) is 6.23. The highest BCUT2D eigenvalue weighted by Crippen LogP contribution is 2.21. The molecule has 2 aliphatic rings. The molecule has 1 saturated carbocycles. The summed E-state index contributed by atoms with van der Waals surface area (Å²) < 4.78 is 0. The molecule has 1 aromatic rings. The lowest BCUT2D eigenvalue weighted by atomic mass is 10.1. The molecule has 0 aromatic carbocycles. The standard InChI is InChI=1S/C15H25N5/c1-19(2)14-4-3-7-20(11-14)15-10-16-8-13(18-15)9-17-12-5-6-12/h8,10,12,14,17H,3-7,9,11H2,1-2H3. The maximum atomic E-state index is 4.77. The second-order valence-electron chi connectivity index (χ2n) is 6.23. The summed E-state index contributed by atoms with van der Waals surface area (Å²) >= 11 is 0. The van der Waals surface area contributed by atoms with Gasteiger partial charge < -0.3 is 15.1 Å². The number of nitrogens with zero attached hydrogens (tertiary/aromatic N) is 4. The molecule has 3 rings (SSSR count). The summed E-state index contributed by atoms with van der Waals surface area (Å²) in [5.74, 6) is 1.03. The number of likely N-dealkylation sites (N-methyl/N-ethyl adjacent to an activating group) is 1. The van der Waals surface area contributed by atoms with Crippen LogP contribution in [0, 0.1) is 0 Å². The molecular formula is C15H25N5. The third kappa shape index (κ3) is 3.46. The highest BCUT2D eigenvalue weighted by atomic mass is 15.2. The Hall–Kier alpha value is -1.20. The molecule has 20 heavy (non-hydrogen) atoms. The third-order valence-corrected chi connectivity index (χ3v) is 4.27. The smallest absolute Gasteiger partial charge is 0.147 e. The SMILES string of the molecule is CN(C)C1CCCN(c2cncc(CNC3CC3)n2)C1. The highest BCUT2D eigenvalue weighted by Gasteiger charge is 2.23. The lowest BCUT2D eigenvalue weighted by Gasteiger charge is -2.36. The summed E-state index contributed by atoms with van der Waals surface area (Å²) in [6.07, 6.45) is 8.91. The molecule has 1 unspecified atom stereocenters. The minimum Gasteiger partial charge on any atom is -0.354 e. The van der Waals surface area contributed by atoms with E-state index < -0.39 is 0 Å². The van der Waals surface area contributed by atoms with Crippen LogP contribution in [0.25, 0.3) is 0 Å². The first-order chi connectivity index (χ1) is 9.72. The van der Waals surface area contributed by atoms with Gasteiger partial charge in [0.05, 0.1) is 11.9 Å². The van der Waals surface area contributed by atoms with Gasteiger partial charge in [-0.2, -0.15) is 0 Å². The van der Waals surface area contributed by atoms with Gasteiger partial charge in [-0.1, -0.05) is 0 Å². The number of aromatic nitrogens is 2. The van der Waals surface area contributed by atoms with E-state index in [0.717, 1.165) is 31.1 Å². The van der Waals surface area contributed by atoms with Crippen LogP contribution in [0.15, 0.2) is 12.4 Å². The van der Waals surface area contributed by atoms with Crippen molar-refractivity contribution < 1.29 is 0 Å². The Bertz CT molecular complexity index is 444. The molecule has 1 aliphatic heterocycles. The van der Waals surface area contributed by atoms with Crippen molar-refractivity contribution in [3.8, 4) is 0 Å². The fourth-order valence-electron chi connectivity index (χ4n) is 2.75. The van der Waals surface area contributed by atoms with Crippen LogP contribution in [0.5, 0.6) is 0 Å².